The number of rotatable bonds is 17. The molecule has 14 nitrogen and oxygen atoms in total. The molecule has 0 aromatic carbocycles. The van der Waals surface area contributed by atoms with Crippen LogP contribution in [0.1, 0.15) is 44.9 Å². The monoisotopic (exact) mass is 460 g/mol. The number of carboxylic acids is 2. The first kappa shape index (κ1) is 28.7. The average Bonchev–Trinajstić information content (AvgIpc) is 2.72. The normalized spacial score (nSPS) is 13.3. The molecule has 0 aliphatic heterocycles. The van der Waals surface area contributed by atoms with Crippen LogP contribution >= 0.6 is 0 Å². The Morgan fingerprint density at radius 3 is 1.72 bits per heavy atom. The summed E-state index contributed by atoms with van der Waals surface area (Å²) in [5, 5.41) is 24.9. The van der Waals surface area contributed by atoms with Crippen molar-refractivity contribution in [2.24, 2.45) is 17.2 Å². The standard InChI is InChI=1S/C18H32N6O8/c19-8-2-1-3-10(22-14(26)9-20)16(29)23-11(4-6-13(21)25)17(30)24-12(18(31)32)5-7-15(27)28/h10-12H,1-9,19-20H2,(H2,21,25)(H,22,26)(H,23,29)(H,24,30)(H,27,28)(H,31,32). The summed E-state index contributed by atoms with van der Waals surface area (Å²) in [5.41, 5.74) is 15.8. The Hall–Kier alpha value is -3.26. The first-order chi connectivity index (χ1) is 15.0. The number of nitrogens with two attached hydrogens (primary N) is 3. The number of carbonyl (C=O) groups excluding carboxylic acids is 4. The molecule has 3 atom stereocenters. The lowest BCUT2D eigenvalue weighted by Gasteiger charge is -2.24. The van der Waals surface area contributed by atoms with E-state index in [1.807, 2.05) is 0 Å². The van der Waals surface area contributed by atoms with Crippen LogP contribution in [-0.2, 0) is 28.8 Å². The van der Waals surface area contributed by atoms with E-state index in [0.29, 0.717) is 19.4 Å². The van der Waals surface area contributed by atoms with Gasteiger partial charge in [-0.25, -0.2) is 4.79 Å². The number of nitrogens with one attached hydrogen (secondary N) is 3. The SMILES string of the molecule is NCCCCC(NC(=O)CN)C(=O)NC(CCC(N)=O)C(=O)NC(CCC(=O)O)C(=O)O. The Morgan fingerprint density at radius 2 is 1.25 bits per heavy atom. The lowest BCUT2D eigenvalue weighted by Crippen LogP contribution is -2.56. The van der Waals surface area contributed by atoms with Gasteiger partial charge < -0.3 is 43.4 Å². The van der Waals surface area contributed by atoms with E-state index < -0.39 is 60.1 Å². The Labute approximate surface area is 184 Å². The zero-order valence-electron chi connectivity index (χ0n) is 17.7. The summed E-state index contributed by atoms with van der Waals surface area (Å²) in [6.07, 6.45) is -0.150. The second kappa shape index (κ2) is 15.5. The van der Waals surface area contributed by atoms with Crippen LogP contribution in [0.4, 0.5) is 0 Å². The van der Waals surface area contributed by atoms with Gasteiger partial charge in [-0.05, 0) is 38.6 Å². The van der Waals surface area contributed by atoms with Crippen molar-refractivity contribution in [2.75, 3.05) is 13.1 Å². The van der Waals surface area contributed by atoms with E-state index in [1.165, 1.54) is 0 Å². The van der Waals surface area contributed by atoms with Gasteiger partial charge in [0.05, 0.1) is 6.54 Å². The second-order valence-electron chi connectivity index (χ2n) is 7.01. The van der Waals surface area contributed by atoms with E-state index in [9.17, 15) is 33.9 Å². The number of carboxylic acid groups (broad SMARTS) is 2. The Balaban J connectivity index is 5.40. The number of primary amides is 1. The number of carbonyl (C=O) groups is 6. The molecule has 32 heavy (non-hydrogen) atoms. The topological polar surface area (TPSA) is 257 Å². The third-order valence-electron chi connectivity index (χ3n) is 4.36. The molecule has 0 aromatic heterocycles. The van der Waals surface area contributed by atoms with Gasteiger partial charge >= 0.3 is 11.9 Å². The highest BCUT2D eigenvalue weighted by molar-refractivity contribution is 5.94. The molecule has 0 aliphatic carbocycles. The first-order valence-corrected chi connectivity index (χ1v) is 10.0. The van der Waals surface area contributed by atoms with Gasteiger partial charge in [-0.3, -0.25) is 24.0 Å². The van der Waals surface area contributed by atoms with E-state index in [0.717, 1.165) is 0 Å². The van der Waals surface area contributed by atoms with Crippen LogP contribution in [0.25, 0.3) is 0 Å². The van der Waals surface area contributed by atoms with Gasteiger partial charge in [0.25, 0.3) is 0 Å². The summed E-state index contributed by atoms with van der Waals surface area (Å²) >= 11 is 0. The molecule has 0 saturated carbocycles. The van der Waals surface area contributed by atoms with Crippen molar-refractivity contribution in [3.05, 3.63) is 0 Å². The second-order valence-corrected chi connectivity index (χ2v) is 7.01. The highest BCUT2D eigenvalue weighted by atomic mass is 16.4. The number of aliphatic carboxylic acids is 2. The van der Waals surface area contributed by atoms with Gasteiger partial charge in [-0.15, -0.1) is 0 Å². The van der Waals surface area contributed by atoms with Crippen molar-refractivity contribution < 1.29 is 39.0 Å². The number of amides is 4. The Kier molecular flexibility index (Phi) is 13.9. The van der Waals surface area contributed by atoms with Gasteiger partial charge in [-0.2, -0.15) is 0 Å². The summed E-state index contributed by atoms with van der Waals surface area (Å²) in [6.45, 7) is 0.00582. The van der Waals surface area contributed by atoms with Crippen LogP contribution in [0.2, 0.25) is 0 Å². The molecular weight excluding hydrogens is 428 g/mol. The van der Waals surface area contributed by atoms with Crippen LogP contribution in [0.15, 0.2) is 0 Å². The van der Waals surface area contributed by atoms with Crippen LogP contribution in [0.3, 0.4) is 0 Å². The number of hydrogen-bond acceptors (Lipinski definition) is 8. The third-order valence-corrected chi connectivity index (χ3v) is 4.36. The lowest BCUT2D eigenvalue weighted by atomic mass is 10.1. The summed E-state index contributed by atoms with van der Waals surface area (Å²) in [7, 11) is 0. The van der Waals surface area contributed by atoms with Crippen molar-refractivity contribution in [2.45, 2.75) is 63.1 Å². The largest absolute Gasteiger partial charge is 0.481 e. The quantitative estimate of drug-likeness (QED) is 0.100. The van der Waals surface area contributed by atoms with Crippen LogP contribution in [0, 0.1) is 0 Å². The lowest BCUT2D eigenvalue weighted by molar-refractivity contribution is -0.143. The number of hydrogen-bond donors (Lipinski definition) is 8. The maximum Gasteiger partial charge on any atom is 0.326 e. The summed E-state index contributed by atoms with van der Waals surface area (Å²) in [5.74, 6) is -5.76. The highest BCUT2D eigenvalue weighted by Crippen LogP contribution is 2.06. The highest BCUT2D eigenvalue weighted by Gasteiger charge is 2.29. The maximum atomic E-state index is 12.7. The molecular formula is C18H32N6O8. The van der Waals surface area contributed by atoms with Gasteiger partial charge in [0.2, 0.25) is 23.6 Å². The van der Waals surface area contributed by atoms with Crippen LogP contribution in [-0.4, -0.2) is 77.0 Å². The molecule has 0 radical (unpaired) electrons. The molecule has 0 aliphatic rings. The fourth-order valence-electron chi connectivity index (χ4n) is 2.64. The van der Waals surface area contributed by atoms with Crippen molar-refractivity contribution in [3.8, 4) is 0 Å². The Morgan fingerprint density at radius 1 is 0.719 bits per heavy atom. The summed E-state index contributed by atoms with van der Waals surface area (Å²) in [4.78, 5) is 70.1. The molecule has 11 N–H and O–H groups in total. The Bertz CT molecular complexity index is 686. The zero-order chi connectivity index (χ0) is 24.7. The molecule has 0 spiro atoms. The van der Waals surface area contributed by atoms with Gasteiger partial charge in [0.1, 0.15) is 18.1 Å². The minimum atomic E-state index is -1.52. The predicted octanol–water partition coefficient (Wildman–Crippen LogP) is -3.26. The van der Waals surface area contributed by atoms with Crippen molar-refractivity contribution in [3.63, 3.8) is 0 Å². The van der Waals surface area contributed by atoms with Gasteiger partial charge in [-0.1, -0.05) is 0 Å². The van der Waals surface area contributed by atoms with Crippen molar-refractivity contribution >= 4 is 35.6 Å². The minimum absolute atomic E-state index is 0.204. The summed E-state index contributed by atoms with van der Waals surface area (Å²) < 4.78 is 0. The zero-order valence-corrected chi connectivity index (χ0v) is 17.7. The van der Waals surface area contributed by atoms with Crippen molar-refractivity contribution in [1.82, 2.24) is 16.0 Å². The fraction of sp³-hybridized carbons (Fsp3) is 0.667. The molecule has 0 rings (SSSR count). The summed E-state index contributed by atoms with van der Waals surface area (Å²) in [6, 6.07) is -3.92. The minimum Gasteiger partial charge on any atom is -0.481 e. The molecule has 0 saturated heterocycles. The van der Waals surface area contributed by atoms with E-state index in [2.05, 4.69) is 16.0 Å². The van der Waals surface area contributed by atoms with E-state index in [1.54, 1.807) is 0 Å². The van der Waals surface area contributed by atoms with Gasteiger partial charge in [0, 0.05) is 12.8 Å². The molecule has 14 heteroatoms. The predicted molar refractivity (Wildman–Crippen MR) is 111 cm³/mol. The van der Waals surface area contributed by atoms with Crippen molar-refractivity contribution in [1.29, 1.82) is 0 Å². The van der Waals surface area contributed by atoms with E-state index in [4.69, 9.17) is 22.3 Å². The van der Waals surface area contributed by atoms with Gasteiger partial charge in [0.15, 0.2) is 0 Å². The van der Waals surface area contributed by atoms with Crippen LogP contribution < -0.4 is 33.2 Å². The molecule has 4 amide bonds. The molecule has 3 unspecified atom stereocenters. The molecule has 0 heterocycles. The molecule has 0 aromatic rings. The maximum absolute atomic E-state index is 12.7. The third kappa shape index (κ3) is 12.4. The fourth-order valence-corrected chi connectivity index (χ4v) is 2.64. The van der Waals surface area contributed by atoms with E-state index in [-0.39, 0.29) is 32.2 Å². The van der Waals surface area contributed by atoms with Crippen LogP contribution in [0.5, 0.6) is 0 Å². The van der Waals surface area contributed by atoms with E-state index >= 15 is 0 Å². The molecule has 0 fully saturated rings. The first-order valence-electron chi connectivity index (χ1n) is 10.0. The molecule has 182 valence electrons. The molecule has 0 bridgehead atoms. The number of unbranched alkanes of at least 4 members (excludes halogenated alkanes) is 1. The average molecular weight is 460 g/mol. The smallest absolute Gasteiger partial charge is 0.326 e.